The highest BCUT2D eigenvalue weighted by molar-refractivity contribution is 5.73. The first-order valence-electron chi connectivity index (χ1n) is 6.76. The number of amides is 1. The van der Waals surface area contributed by atoms with E-state index in [1.54, 1.807) is 0 Å². The lowest BCUT2D eigenvalue weighted by Crippen LogP contribution is -2.61. The van der Waals surface area contributed by atoms with Crippen molar-refractivity contribution in [3.8, 4) is 0 Å². The Morgan fingerprint density at radius 1 is 1.05 bits per heavy atom. The number of piperidine rings is 1. The maximum Gasteiger partial charge on any atom is 0.413 e. The topological polar surface area (TPSA) is 108 Å². The molecule has 2 fully saturated rings. The fourth-order valence-electron chi connectivity index (χ4n) is 2.66. The van der Waals surface area contributed by atoms with E-state index in [1.807, 2.05) is 0 Å². The van der Waals surface area contributed by atoms with E-state index < -0.39 is 48.5 Å². The van der Waals surface area contributed by atoms with Crippen LogP contribution in [0.15, 0.2) is 0 Å². The monoisotopic (exact) mass is 315 g/mol. The minimum absolute atomic E-state index is 0.0845. The van der Waals surface area contributed by atoms with E-state index in [2.05, 4.69) is 0 Å². The average Bonchev–Trinajstić information content (AvgIpc) is 2.73. The second-order valence-corrected chi connectivity index (χ2v) is 5.10. The summed E-state index contributed by atoms with van der Waals surface area (Å²) in [6.45, 7) is 3.64. The molecule has 0 N–H and O–H groups in total. The highest BCUT2D eigenvalue weighted by Gasteiger charge is 2.54. The van der Waals surface area contributed by atoms with E-state index in [4.69, 9.17) is 18.9 Å². The number of rotatable bonds is 3. The molecular weight excluding hydrogens is 298 g/mol. The van der Waals surface area contributed by atoms with Crippen LogP contribution < -0.4 is 0 Å². The molecule has 2 aliphatic heterocycles. The molecule has 9 nitrogen and oxygen atoms in total. The molecule has 2 saturated heterocycles. The van der Waals surface area contributed by atoms with Gasteiger partial charge < -0.3 is 18.9 Å². The lowest BCUT2D eigenvalue weighted by atomic mass is 9.96. The number of ether oxygens (including phenoxy) is 4. The number of cyclic esters (lactones) is 1. The molecule has 0 spiro atoms. The van der Waals surface area contributed by atoms with Crippen molar-refractivity contribution in [2.24, 2.45) is 0 Å². The highest BCUT2D eigenvalue weighted by atomic mass is 16.6. The molecule has 2 aliphatic rings. The second-order valence-electron chi connectivity index (χ2n) is 5.10. The Bertz CT molecular complexity index is 504. The number of hydrogen-bond acceptors (Lipinski definition) is 8. The zero-order valence-corrected chi connectivity index (χ0v) is 12.4. The Morgan fingerprint density at radius 3 is 2.18 bits per heavy atom. The van der Waals surface area contributed by atoms with Gasteiger partial charge in [-0.1, -0.05) is 0 Å². The van der Waals surface area contributed by atoms with Crippen molar-refractivity contribution in [2.45, 2.75) is 51.7 Å². The molecule has 0 aromatic heterocycles. The van der Waals surface area contributed by atoms with Crippen LogP contribution in [0.3, 0.4) is 0 Å². The summed E-state index contributed by atoms with van der Waals surface area (Å²) in [5, 5.41) is 0. The van der Waals surface area contributed by atoms with Gasteiger partial charge >= 0.3 is 24.0 Å². The van der Waals surface area contributed by atoms with E-state index in [-0.39, 0.29) is 13.0 Å². The second kappa shape index (κ2) is 6.20. The van der Waals surface area contributed by atoms with Crippen molar-refractivity contribution in [3.05, 3.63) is 0 Å². The van der Waals surface area contributed by atoms with Gasteiger partial charge in [0.2, 0.25) is 6.23 Å². The van der Waals surface area contributed by atoms with Gasteiger partial charge in [-0.05, 0) is 0 Å². The summed E-state index contributed by atoms with van der Waals surface area (Å²) >= 11 is 0. The first-order chi connectivity index (χ1) is 10.3. The maximum absolute atomic E-state index is 11.8. The van der Waals surface area contributed by atoms with E-state index in [0.29, 0.717) is 0 Å². The van der Waals surface area contributed by atoms with Crippen LogP contribution in [0.4, 0.5) is 4.79 Å². The van der Waals surface area contributed by atoms with Gasteiger partial charge in [0.25, 0.3) is 0 Å². The molecular formula is C13H17NO8. The first-order valence-corrected chi connectivity index (χ1v) is 6.76. The number of carbonyl (C=O) groups excluding carboxylic acids is 4. The van der Waals surface area contributed by atoms with E-state index in [1.165, 1.54) is 18.7 Å². The molecule has 1 unspecified atom stereocenters. The summed E-state index contributed by atoms with van der Waals surface area (Å²) in [7, 11) is 0. The van der Waals surface area contributed by atoms with Crippen molar-refractivity contribution >= 4 is 24.0 Å². The molecule has 0 saturated carbocycles. The summed E-state index contributed by atoms with van der Waals surface area (Å²) in [5.74, 6) is -1.88. The standard InChI is InChI=1S/C13H17NO8/c1-6(15)20-10-4-9-5-19-13(18)14(9)12(22-8(3)17)11(10)21-7(2)16/h9-12H,4-5H2,1-3H3/t9-,10+,11-,12?/m0/s1. The predicted molar refractivity (Wildman–Crippen MR) is 68.3 cm³/mol. The molecule has 122 valence electrons. The largest absolute Gasteiger partial charge is 0.458 e. The van der Waals surface area contributed by atoms with Crippen LogP contribution in [0.1, 0.15) is 27.2 Å². The SMILES string of the molecule is CC(=O)OC1[C@@H](OC(C)=O)[C@H](OC(C)=O)C[C@H]2COC(=O)N12. The Morgan fingerprint density at radius 2 is 1.64 bits per heavy atom. The van der Waals surface area contributed by atoms with Gasteiger partial charge in [0, 0.05) is 27.2 Å². The van der Waals surface area contributed by atoms with Crippen LogP contribution >= 0.6 is 0 Å². The molecule has 4 atom stereocenters. The van der Waals surface area contributed by atoms with Crippen molar-refractivity contribution in [1.29, 1.82) is 0 Å². The van der Waals surface area contributed by atoms with Crippen LogP contribution in [-0.2, 0) is 33.3 Å². The Labute approximate surface area is 126 Å². The van der Waals surface area contributed by atoms with Gasteiger partial charge in [-0.2, -0.15) is 0 Å². The predicted octanol–water partition coefficient (Wildman–Crippen LogP) is -0.0365. The summed E-state index contributed by atoms with van der Waals surface area (Å²) in [6.07, 6.45) is -3.58. The number of hydrogen-bond donors (Lipinski definition) is 0. The zero-order valence-electron chi connectivity index (χ0n) is 12.4. The minimum atomic E-state index is -1.19. The van der Waals surface area contributed by atoms with E-state index >= 15 is 0 Å². The molecule has 0 aromatic rings. The minimum Gasteiger partial charge on any atom is -0.458 e. The maximum atomic E-state index is 11.8. The normalized spacial score (nSPS) is 30.1. The third-order valence-electron chi connectivity index (χ3n) is 3.34. The number of nitrogens with zero attached hydrogens (tertiary/aromatic N) is 1. The smallest absolute Gasteiger partial charge is 0.413 e. The third kappa shape index (κ3) is 3.29. The van der Waals surface area contributed by atoms with Gasteiger partial charge in [0.1, 0.15) is 12.7 Å². The van der Waals surface area contributed by atoms with E-state index in [9.17, 15) is 19.2 Å². The van der Waals surface area contributed by atoms with Gasteiger partial charge in [0.15, 0.2) is 6.10 Å². The average molecular weight is 315 g/mol. The quantitative estimate of drug-likeness (QED) is 0.527. The van der Waals surface area contributed by atoms with Crippen molar-refractivity contribution < 1.29 is 38.1 Å². The van der Waals surface area contributed by atoms with E-state index in [0.717, 1.165) is 6.92 Å². The summed E-state index contributed by atoms with van der Waals surface area (Å²) in [6, 6.07) is -0.423. The summed E-state index contributed by atoms with van der Waals surface area (Å²) < 4.78 is 20.3. The number of carbonyl (C=O) groups is 4. The van der Waals surface area contributed by atoms with Crippen LogP contribution in [0, 0.1) is 0 Å². The summed E-state index contributed by atoms with van der Waals surface area (Å²) in [4.78, 5) is 46.9. The van der Waals surface area contributed by atoms with Gasteiger partial charge in [0.05, 0.1) is 6.04 Å². The number of fused-ring (bicyclic) bond motifs is 1. The van der Waals surface area contributed by atoms with Gasteiger partial charge in [-0.15, -0.1) is 0 Å². The van der Waals surface area contributed by atoms with Crippen molar-refractivity contribution in [1.82, 2.24) is 4.90 Å². The molecule has 2 heterocycles. The van der Waals surface area contributed by atoms with Crippen LogP contribution in [0.25, 0.3) is 0 Å². The molecule has 0 bridgehead atoms. The molecule has 0 radical (unpaired) electrons. The van der Waals surface area contributed by atoms with Crippen LogP contribution in [0.2, 0.25) is 0 Å². The number of esters is 3. The van der Waals surface area contributed by atoms with Gasteiger partial charge in [-0.25, -0.2) is 4.79 Å². The Kier molecular flexibility index (Phi) is 4.53. The fourth-order valence-corrected chi connectivity index (χ4v) is 2.66. The molecule has 0 aromatic carbocycles. The first kappa shape index (κ1) is 16.1. The lowest BCUT2D eigenvalue weighted by Gasteiger charge is -2.42. The third-order valence-corrected chi connectivity index (χ3v) is 3.34. The molecule has 9 heteroatoms. The molecule has 22 heavy (non-hydrogen) atoms. The summed E-state index contributed by atoms with van der Waals surface area (Å²) in [5.41, 5.74) is 0. The fraction of sp³-hybridized carbons (Fsp3) is 0.692. The van der Waals surface area contributed by atoms with Crippen molar-refractivity contribution in [3.63, 3.8) is 0 Å². The van der Waals surface area contributed by atoms with Gasteiger partial charge in [-0.3, -0.25) is 19.3 Å². The molecule has 1 amide bonds. The Hall–Kier alpha value is -2.32. The zero-order chi connectivity index (χ0) is 16.4. The Balaban J connectivity index is 2.32. The molecule has 0 aliphatic carbocycles. The highest BCUT2D eigenvalue weighted by Crippen LogP contribution is 2.33. The van der Waals surface area contributed by atoms with Crippen LogP contribution in [0.5, 0.6) is 0 Å². The van der Waals surface area contributed by atoms with Crippen LogP contribution in [-0.4, -0.2) is 60.0 Å². The molecule has 2 rings (SSSR count). The van der Waals surface area contributed by atoms with Crippen molar-refractivity contribution in [2.75, 3.05) is 6.61 Å². The lowest BCUT2D eigenvalue weighted by molar-refractivity contribution is -0.210.